The van der Waals surface area contributed by atoms with Crippen LogP contribution >= 0.6 is 0 Å². The average Bonchev–Trinajstić information content (AvgIpc) is 3.26. The molecule has 0 N–H and O–H groups in total. The quantitative estimate of drug-likeness (QED) is 0.861. The number of furan rings is 1. The predicted molar refractivity (Wildman–Crippen MR) is 82.3 cm³/mol. The highest BCUT2D eigenvalue weighted by Gasteiger charge is 2.32. The molecule has 5 heteroatoms. The van der Waals surface area contributed by atoms with Crippen LogP contribution in [0.3, 0.4) is 0 Å². The molecule has 1 atom stereocenters. The van der Waals surface area contributed by atoms with Gasteiger partial charge in [0.05, 0.1) is 6.26 Å². The van der Waals surface area contributed by atoms with Gasteiger partial charge in [0.1, 0.15) is 0 Å². The summed E-state index contributed by atoms with van der Waals surface area (Å²) in [7, 11) is 0. The van der Waals surface area contributed by atoms with Gasteiger partial charge >= 0.3 is 0 Å². The maximum absolute atomic E-state index is 12.6. The fraction of sp³-hybridized carbons (Fsp3) is 0.647. The minimum Gasteiger partial charge on any atom is -0.459 e. The zero-order valence-electron chi connectivity index (χ0n) is 13.2. The van der Waals surface area contributed by atoms with Crippen molar-refractivity contribution in [2.24, 2.45) is 11.8 Å². The summed E-state index contributed by atoms with van der Waals surface area (Å²) in [5.41, 5.74) is 0. The van der Waals surface area contributed by atoms with Gasteiger partial charge in [0.15, 0.2) is 5.76 Å². The third-order valence-corrected chi connectivity index (χ3v) is 5.11. The van der Waals surface area contributed by atoms with Crippen LogP contribution in [0.5, 0.6) is 0 Å². The van der Waals surface area contributed by atoms with E-state index in [1.54, 1.807) is 17.0 Å². The maximum atomic E-state index is 12.6. The number of hydrogen-bond donors (Lipinski definition) is 0. The van der Waals surface area contributed by atoms with Gasteiger partial charge in [-0.1, -0.05) is 19.8 Å². The molecule has 2 amide bonds. The molecule has 0 bridgehead atoms. The molecule has 3 rings (SSSR count). The van der Waals surface area contributed by atoms with Gasteiger partial charge < -0.3 is 14.2 Å². The molecule has 120 valence electrons. The highest BCUT2D eigenvalue weighted by Crippen LogP contribution is 2.32. The molecular formula is C17H24N2O3. The van der Waals surface area contributed by atoms with Crippen molar-refractivity contribution >= 4 is 11.8 Å². The zero-order chi connectivity index (χ0) is 15.5. The number of nitrogens with zero attached hydrogens (tertiary/aromatic N) is 2. The highest BCUT2D eigenvalue weighted by atomic mass is 16.3. The van der Waals surface area contributed by atoms with Crippen molar-refractivity contribution in [2.45, 2.75) is 32.6 Å². The third-order valence-electron chi connectivity index (χ3n) is 5.11. The molecule has 2 heterocycles. The summed E-state index contributed by atoms with van der Waals surface area (Å²) in [6.45, 7) is 4.49. The fourth-order valence-electron chi connectivity index (χ4n) is 3.63. The Morgan fingerprint density at radius 1 is 1.14 bits per heavy atom. The molecule has 1 saturated carbocycles. The summed E-state index contributed by atoms with van der Waals surface area (Å²) in [6, 6.07) is 3.40. The van der Waals surface area contributed by atoms with Gasteiger partial charge in [0.2, 0.25) is 5.91 Å². The second kappa shape index (κ2) is 6.55. The molecule has 2 aliphatic rings. The van der Waals surface area contributed by atoms with E-state index < -0.39 is 0 Å². The van der Waals surface area contributed by atoms with Crippen molar-refractivity contribution in [1.82, 2.24) is 9.80 Å². The number of carbonyl (C=O) groups is 2. The van der Waals surface area contributed by atoms with Crippen LogP contribution in [0.25, 0.3) is 0 Å². The Morgan fingerprint density at radius 3 is 2.36 bits per heavy atom. The Balaban J connectivity index is 1.53. The molecule has 1 aliphatic heterocycles. The van der Waals surface area contributed by atoms with E-state index in [9.17, 15) is 9.59 Å². The van der Waals surface area contributed by atoms with E-state index in [0.29, 0.717) is 37.9 Å². The maximum Gasteiger partial charge on any atom is 0.289 e. The van der Waals surface area contributed by atoms with Crippen LogP contribution in [-0.4, -0.2) is 47.8 Å². The lowest BCUT2D eigenvalue weighted by Gasteiger charge is -2.36. The Morgan fingerprint density at radius 2 is 1.77 bits per heavy atom. The van der Waals surface area contributed by atoms with Crippen molar-refractivity contribution in [2.75, 3.05) is 26.2 Å². The molecule has 1 aliphatic carbocycles. The fourth-order valence-corrected chi connectivity index (χ4v) is 3.63. The molecule has 1 saturated heterocycles. The first-order chi connectivity index (χ1) is 10.7. The largest absolute Gasteiger partial charge is 0.459 e. The lowest BCUT2D eigenvalue weighted by atomic mass is 9.91. The van der Waals surface area contributed by atoms with E-state index in [0.717, 1.165) is 0 Å². The molecule has 5 nitrogen and oxygen atoms in total. The Bertz CT molecular complexity index is 512. The SMILES string of the molecule is CC(C(=O)N1CCN(C(=O)c2ccco2)CC1)C1CCCC1. The van der Waals surface area contributed by atoms with Gasteiger partial charge in [-0.3, -0.25) is 9.59 Å². The Hall–Kier alpha value is -1.78. The lowest BCUT2D eigenvalue weighted by Crippen LogP contribution is -2.52. The highest BCUT2D eigenvalue weighted by molar-refractivity contribution is 5.91. The monoisotopic (exact) mass is 304 g/mol. The van der Waals surface area contributed by atoms with Crippen LogP contribution in [0.2, 0.25) is 0 Å². The van der Waals surface area contributed by atoms with Crippen LogP contribution in [-0.2, 0) is 4.79 Å². The lowest BCUT2D eigenvalue weighted by molar-refractivity contribution is -0.138. The van der Waals surface area contributed by atoms with E-state index in [1.165, 1.54) is 31.9 Å². The molecular weight excluding hydrogens is 280 g/mol. The number of hydrogen-bond acceptors (Lipinski definition) is 3. The van der Waals surface area contributed by atoms with Crippen LogP contribution in [0.1, 0.15) is 43.2 Å². The van der Waals surface area contributed by atoms with Crippen molar-refractivity contribution in [1.29, 1.82) is 0 Å². The van der Waals surface area contributed by atoms with E-state index in [2.05, 4.69) is 6.92 Å². The second-order valence-corrected chi connectivity index (χ2v) is 6.43. The Labute approximate surface area is 131 Å². The average molecular weight is 304 g/mol. The first-order valence-corrected chi connectivity index (χ1v) is 8.28. The van der Waals surface area contributed by atoms with E-state index in [-0.39, 0.29) is 17.7 Å². The number of piperazine rings is 1. The predicted octanol–water partition coefficient (Wildman–Crippen LogP) is 2.39. The molecule has 0 spiro atoms. The van der Waals surface area contributed by atoms with Crippen molar-refractivity contribution in [3.8, 4) is 0 Å². The van der Waals surface area contributed by atoms with E-state index in [1.807, 2.05) is 4.90 Å². The second-order valence-electron chi connectivity index (χ2n) is 6.43. The van der Waals surface area contributed by atoms with Crippen molar-refractivity contribution < 1.29 is 14.0 Å². The van der Waals surface area contributed by atoms with Gasteiger partial charge in [0.25, 0.3) is 5.91 Å². The first-order valence-electron chi connectivity index (χ1n) is 8.28. The van der Waals surface area contributed by atoms with E-state index >= 15 is 0 Å². The minimum atomic E-state index is -0.0825. The first kappa shape index (κ1) is 15.1. The third kappa shape index (κ3) is 3.03. The standard InChI is InChI=1S/C17H24N2O3/c1-13(14-5-2-3-6-14)16(20)18-8-10-19(11-9-18)17(21)15-7-4-12-22-15/h4,7,12-14H,2-3,5-6,8-11H2,1H3. The van der Waals surface area contributed by atoms with Crippen molar-refractivity contribution in [3.63, 3.8) is 0 Å². The van der Waals surface area contributed by atoms with Gasteiger partial charge in [-0.15, -0.1) is 0 Å². The summed E-state index contributed by atoms with van der Waals surface area (Å²) in [6.07, 6.45) is 6.39. The Kier molecular flexibility index (Phi) is 4.50. The van der Waals surface area contributed by atoms with Crippen LogP contribution in [0, 0.1) is 11.8 Å². The topological polar surface area (TPSA) is 53.8 Å². The van der Waals surface area contributed by atoms with Gasteiger partial charge in [-0.25, -0.2) is 0 Å². The number of rotatable bonds is 3. The molecule has 2 fully saturated rings. The molecule has 1 unspecified atom stereocenters. The number of amides is 2. The van der Waals surface area contributed by atoms with Crippen LogP contribution in [0.4, 0.5) is 0 Å². The molecule has 1 aromatic rings. The van der Waals surface area contributed by atoms with Crippen LogP contribution in [0.15, 0.2) is 22.8 Å². The van der Waals surface area contributed by atoms with Gasteiger partial charge in [0, 0.05) is 32.1 Å². The van der Waals surface area contributed by atoms with Crippen molar-refractivity contribution in [3.05, 3.63) is 24.2 Å². The summed E-state index contributed by atoms with van der Waals surface area (Å²) in [5, 5.41) is 0. The molecule has 0 radical (unpaired) electrons. The zero-order valence-corrected chi connectivity index (χ0v) is 13.2. The summed E-state index contributed by atoms with van der Waals surface area (Å²) in [5.74, 6) is 1.22. The summed E-state index contributed by atoms with van der Waals surface area (Å²) >= 11 is 0. The normalized spacial score (nSPS) is 21.1. The molecule has 22 heavy (non-hydrogen) atoms. The molecule has 1 aromatic heterocycles. The summed E-state index contributed by atoms with van der Waals surface area (Å²) in [4.78, 5) is 28.5. The minimum absolute atomic E-state index is 0.0825. The van der Waals surface area contributed by atoms with Gasteiger partial charge in [-0.2, -0.15) is 0 Å². The smallest absolute Gasteiger partial charge is 0.289 e. The van der Waals surface area contributed by atoms with E-state index in [4.69, 9.17) is 4.42 Å². The summed E-state index contributed by atoms with van der Waals surface area (Å²) < 4.78 is 5.16. The van der Waals surface area contributed by atoms with Crippen LogP contribution < -0.4 is 0 Å². The number of carbonyl (C=O) groups excluding carboxylic acids is 2. The molecule has 0 aromatic carbocycles. The van der Waals surface area contributed by atoms with Gasteiger partial charge in [-0.05, 0) is 30.9 Å².